The van der Waals surface area contributed by atoms with Gasteiger partial charge in [-0.1, -0.05) is 18.2 Å². The van der Waals surface area contributed by atoms with Crippen molar-refractivity contribution in [1.82, 2.24) is 4.98 Å². The van der Waals surface area contributed by atoms with Gasteiger partial charge in [-0.2, -0.15) is 8.42 Å². The van der Waals surface area contributed by atoms with Crippen molar-refractivity contribution in [2.75, 3.05) is 6.61 Å². The van der Waals surface area contributed by atoms with E-state index in [1.807, 2.05) is 0 Å². The molecule has 0 N–H and O–H groups in total. The molecule has 0 unspecified atom stereocenters. The minimum atomic E-state index is -3.82. The van der Waals surface area contributed by atoms with Crippen molar-refractivity contribution in [3.63, 3.8) is 0 Å². The Hall–Kier alpha value is -1.90. The molecule has 0 bridgehead atoms. The molecule has 5 heteroatoms. The predicted molar refractivity (Wildman–Crippen MR) is 68.3 cm³/mol. The molecule has 4 nitrogen and oxygen atoms in total. The van der Waals surface area contributed by atoms with Crippen LogP contribution in [-0.2, 0) is 14.3 Å². The van der Waals surface area contributed by atoms with Crippen molar-refractivity contribution >= 4 is 21.0 Å². The maximum absolute atomic E-state index is 12.0. The monoisotopic (exact) mass is 261 g/mol. The van der Waals surface area contributed by atoms with Crippen LogP contribution < -0.4 is 0 Å². The standard InChI is InChI=1S/C13H11NO3S/c1-2-3-10-17-18(15,16)12-8-4-6-11-7-5-9-14-13(11)12/h1,4-9H,3,10H2. The predicted octanol–water partition coefficient (Wildman–Crippen LogP) is 1.96. The Morgan fingerprint density at radius 3 is 2.83 bits per heavy atom. The Balaban J connectivity index is 2.45. The quantitative estimate of drug-likeness (QED) is 0.479. The van der Waals surface area contributed by atoms with E-state index in [-0.39, 0.29) is 17.9 Å². The van der Waals surface area contributed by atoms with E-state index in [1.165, 1.54) is 6.07 Å². The molecule has 0 saturated carbocycles. The van der Waals surface area contributed by atoms with Gasteiger partial charge in [-0.3, -0.25) is 9.17 Å². The summed E-state index contributed by atoms with van der Waals surface area (Å²) in [7, 11) is -3.82. The van der Waals surface area contributed by atoms with Gasteiger partial charge in [0.15, 0.2) is 0 Å². The van der Waals surface area contributed by atoms with Crippen LogP contribution in [0.1, 0.15) is 6.42 Å². The molecule has 1 aromatic carbocycles. The molecule has 0 aliphatic carbocycles. The average molecular weight is 261 g/mol. The second-order valence-electron chi connectivity index (χ2n) is 3.56. The topological polar surface area (TPSA) is 56.3 Å². The lowest BCUT2D eigenvalue weighted by Gasteiger charge is -2.06. The van der Waals surface area contributed by atoms with Crippen LogP contribution in [0.15, 0.2) is 41.4 Å². The van der Waals surface area contributed by atoms with Crippen LogP contribution in [0.3, 0.4) is 0 Å². The van der Waals surface area contributed by atoms with E-state index in [2.05, 4.69) is 10.9 Å². The van der Waals surface area contributed by atoms with E-state index in [0.29, 0.717) is 5.52 Å². The third-order valence-electron chi connectivity index (χ3n) is 2.35. The Kier molecular flexibility index (Phi) is 3.60. The van der Waals surface area contributed by atoms with Crippen molar-refractivity contribution < 1.29 is 12.6 Å². The fraction of sp³-hybridized carbons (Fsp3) is 0.154. The Morgan fingerprint density at radius 1 is 1.28 bits per heavy atom. The summed E-state index contributed by atoms with van der Waals surface area (Å²) in [6, 6.07) is 8.46. The van der Waals surface area contributed by atoms with Gasteiger partial charge in [0, 0.05) is 18.0 Å². The first-order valence-corrected chi connectivity index (χ1v) is 6.72. The van der Waals surface area contributed by atoms with Crippen LogP contribution >= 0.6 is 0 Å². The summed E-state index contributed by atoms with van der Waals surface area (Å²) in [4.78, 5) is 4.14. The zero-order valence-electron chi connectivity index (χ0n) is 9.54. The van der Waals surface area contributed by atoms with Crippen LogP contribution in [0.4, 0.5) is 0 Å². The number of terminal acetylenes is 1. The van der Waals surface area contributed by atoms with E-state index in [1.54, 1.807) is 30.5 Å². The van der Waals surface area contributed by atoms with E-state index in [9.17, 15) is 8.42 Å². The molecular weight excluding hydrogens is 250 g/mol. The van der Waals surface area contributed by atoms with Gasteiger partial charge in [0.2, 0.25) is 0 Å². The number of aromatic nitrogens is 1. The fourth-order valence-corrected chi connectivity index (χ4v) is 2.63. The molecule has 0 atom stereocenters. The SMILES string of the molecule is C#CCCOS(=O)(=O)c1cccc2cccnc12. The number of para-hydroxylation sites is 1. The molecular formula is C13H11NO3S. The first-order chi connectivity index (χ1) is 8.65. The summed E-state index contributed by atoms with van der Waals surface area (Å²) in [6.07, 6.45) is 6.84. The summed E-state index contributed by atoms with van der Waals surface area (Å²) in [5.41, 5.74) is 0.403. The van der Waals surface area contributed by atoms with Crippen molar-refractivity contribution in [2.24, 2.45) is 0 Å². The number of hydrogen-bond acceptors (Lipinski definition) is 4. The third kappa shape index (κ3) is 2.50. The van der Waals surface area contributed by atoms with E-state index in [0.717, 1.165) is 5.39 Å². The smallest absolute Gasteiger partial charge is 0.265 e. The summed E-state index contributed by atoms with van der Waals surface area (Å²) in [6.45, 7) is -0.0257. The lowest BCUT2D eigenvalue weighted by atomic mass is 10.2. The van der Waals surface area contributed by atoms with Crippen molar-refractivity contribution in [3.8, 4) is 12.3 Å². The van der Waals surface area contributed by atoms with E-state index < -0.39 is 10.1 Å². The lowest BCUT2D eigenvalue weighted by molar-refractivity contribution is 0.327. The molecule has 0 amide bonds. The minimum absolute atomic E-state index is 0.0257. The Bertz CT molecular complexity index is 696. The second-order valence-corrected chi connectivity index (χ2v) is 5.15. The molecule has 0 saturated heterocycles. The molecule has 2 rings (SSSR count). The lowest BCUT2D eigenvalue weighted by Crippen LogP contribution is -2.08. The molecule has 0 aliphatic heterocycles. The van der Waals surface area contributed by atoms with Gasteiger partial charge in [-0.25, -0.2) is 0 Å². The van der Waals surface area contributed by atoms with Crippen LogP contribution in [0.2, 0.25) is 0 Å². The van der Waals surface area contributed by atoms with Crippen molar-refractivity contribution in [3.05, 3.63) is 36.5 Å². The average Bonchev–Trinajstić information content (AvgIpc) is 2.38. The summed E-state index contributed by atoms with van der Waals surface area (Å²) >= 11 is 0. The van der Waals surface area contributed by atoms with E-state index >= 15 is 0 Å². The number of rotatable bonds is 4. The normalized spacial score (nSPS) is 11.3. The van der Waals surface area contributed by atoms with E-state index in [4.69, 9.17) is 10.6 Å². The first-order valence-electron chi connectivity index (χ1n) is 5.32. The van der Waals surface area contributed by atoms with Gasteiger partial charge in [0.25, 0.3) is 10.1 Å². The molecule has 0 radical (unpaired) electrons. The zero-order valence-corrected chi connectivity index (χ0v) is 10.4. The highest BCUT2D eigenvalue weighted by atomic mass is 32.2. The summed E-state index contributed by atoms with van der Waals surface area (Å²) < 4.78 is 28.8. The van der Waals surface area contributed by atoms with Gasteiger partial charge in [0.05, 0.1) is 12.1 Å². The highest BCUT2D eigenvalue weighted by molar-refractivity contribution is 7.87. The Labute approximate surface area is 106 Å². The van der Waals surface area contributed by atoms with Crippen LogP contribution in [-0.4, -0.2) is 20.0 Å². The molecule has 1 aromatic heterocycles. The maximum Gasteiger partial charge on any atom is 0.299 e. The molecule has 18 heavy (non-hydrogen) atoms. The van der Waals surface area contributed by atoms with Crippen LogP contribution in [0, 0.1) is 12.3 Å². The van der Waals surface area contributed by atoms with Gasteiger partial charge in [-0.15, -0.1) is 12.3 Å². The van der Waals surface area contributed by atoms with Gasteiger partial charge in [0.1, 0.15) is 4.90 Å². The Morgan fingerprint density at radius 2 is 2.06 bits per heavy atom. The first kappa shape index (κ1) is 12.6. The minimum Gasteiger partial charge on any atom is -0.265 e. The highest BCUT2D eigenvalue weighted by Gasteiger charge is 2.18. The number of benzene rings is 1. The fourth-order valence-electron chi connectivity index (χ4n) is 1.55. The van der Waals surface area contributed by atoms with Crippen LogP contribution in [0.25, 0.3) is 10.9 Å². The highest BCUT2D eigenvalue weighted by Crippen LogP contribution is 2.22. The molecule has 1 heterocycles. The number of fused-ring (bicyclic) bond motifs is 1. The number of hydrogen-bond donors (Lipinski definition) is 0. The van der Waals surface area contributed by atoms with Crippen molar-refractivity contribution in [1.29, 1.82) is 0 Å². The molecule has 2 aromatic rings. The molecule has 0 fully saturated rings. The molecule has 0 spiro atoms. The third-order valence-corrected chi connectivity index (χ3v) is 3.69. The van der Waals surface area contributed by atoms with Gasteiger partial charge >= 0.3 is 0 Å². The summed E-state index contributed by atoms with van der Waals surface area (Å²) in [5, 5.41) is 0.749. The maximum atomic E-state index is 12.0. The van der Waals surface area contributed by atoms with Crippen molar-refractivity contribution in [2.45, 2.75) is 11.3 Å². The number of nitrogens with zero attached hydrogens (tertiary/aromatic N) is 1. The van der Waals surface area contributed by atoms with Crippen LogP contribution in [0.5, 0.6) is 0 Å². The van der Waals surface area contributed by atoms with Gasteiger partial charge in [-0.05, 0) is 12.1 Å². The molecule has 0 aliphatic rings. The second kappa shape index (κ2) is 5.17. The largest absolute Gasteiger partial charge is 0.299 e. The number of pyridine rings is 1. The van der Waals surface area contributed by atoms with Gasteiger partial charge < -0.3 is 0 Å². The zero-order chi connectivity index (χ0) is 13.0. The molecule has 92 valence electrons. The summed E-state index contributed by atoms with van der Waals surface area (Å²) in [5.74, 6) is 2.32.